The summed E-state index contributed by atoms with van der Waals surface area (Å²) in [6.07, 6.45) is 3.32. The van der Waals surface area contributed by atoms with Crippen molar-refractivity contribution in [3.63, 3.8) is 0 Å². The zero-order valence-corrected chi connectivity index (χ0v) is 25.5. The van der Waals surface area contributed by atoms with E-state index in [4.69, 9.17) is 17.3 Å². The molecule has 4 N–H and O–H groups in total. The predicted molar refractivity (Wildman–Crippen MR) is 169 cm³/mol. The lowest BCUT2D eigenvalue weighted by Gasteiger charge is -2.70. The van der Waals surface area contributed by atoms with E-state index < -0.39 is 12.1 Å². The normalized spacial score (nSPS) is 23.8. The van der Waals surface area contributed by atoms with Crippen molar-refractivity contribution in [1.29, 1.82) is 0 Å². The fraction of sp³-hybridized carbons (Fsp3) is 0.371. The van der Waals surface area contributed by atoms with Crippen LogP contribution in [0.2, 0.25) is 5.02 Å². The van der Waals surface area contributed by atoms with Crippen LogP contribution in [-0.4, -0.2) is 46.0 Å². The Morgan fingerprint density at radius 3 is 2.32 bits per heavy atom. The molecule has 3 saturated carbocycles. The maximum absolute atomic E-state index is 14.0. The number of nitrogens with one attached hydrogen (secondary N) is 2. The standard InChI is InChI=1S/C35H37ClN4O4/c1-22-15-26(11-12-27(22)36)38-32(43)28(17-34-19-35(37,20-34)21-34)39-33(44)29-16-24-9-5-6-10-25(24)18-40(29)31(42)14-13-30(41)23-7-3-2-4-8-23/h2-12,15,28-29H,13-14,16-21,37H2,1H3,(H,38,43)(H,39,44)/t28-,29-,34?,35?/m0/s1. The number of hydrogen-bond acceptors (Lipinski definition) is 5. The molecule has 4 aliphatic rings. The first-order valence-corrected chi connectivity index (χ1v) is 15.5. The van der Waals surface area contributed by atoms with Crippen LogP contribution < -0.4 is 16.4 Å². The predicted octanol–water partition coefficient (Wildman–Crippen LogP) is 4.96. The molecule has 0 radical (unpaired) electrons. The number of benzene rings is 3. The van der Waals surface area contributed by atoms with Gasteiger partial charge in [-0.3, -0.25) is 19.2 Å². The number of Topliss-reactive ketones (excluding diaryl/α,β-unsaturated/α-hetero) is 1. The van der Waals surface area contributed by atoms with Crippen LogP contribution in [0.15, 0.2) is 72.8 Å². The molecule has 3 amide bonds. The van der Waals surface area contributed by atoms with Crippen LogP contribution in [0.4, 0.5) is 5.69 Å². The van der Waals surface area contributed by atoms with E-state index >= 15 is 0 Å². The summed E-state index contributed by atoms with van der Waals surface area (Å²) in [5.74, 6) is -1.10. The molecule has 2 bridgehead atoms. The van der Waals surface area contributed by atoms with Crippen molar-refractivity contribution >= 4 is 40.8 Å². The molecule has 0 aromatic heterocycles. The van der Waals surface area contributed by atoms with Crippen LogP contribution in [0.3, 0.4) is 0 Å². The molecule has 0 unspecified atom stereocenters. The molecule has 0 saturated heterocycles. The van der Waals surface area contributed by atoms with E-state index in [9.17, 15) is 19.2 Å². The van der Waals surface area contributed by atoms with Crippen LogP contribution >= 0.6 is 11.6 Å². The molecular weight excluding hydrogens is 576 g/mol. The van der Waals surface area contributed by atoms with Crippen LogP contribution in [0, 0.1) is 12.3 Å². The summed E-state index contributed by atoms with van der Waals surface area (Å²) in [5, 5.41) is 6.57. The lowest BCUT2D eigenvalue weighted by Crippen LogP contribution is -2.73. The molecule has 2 atom stereocenters. The highest BCUT2D eigenvalue weighted by Gasteiger charge is 2.66. The van der Waals surface area contributed by atoms with Crippen molar-refractivity contribution in [3.05, 3.63) is 100 Å². The Hall–Kier alpha value is -4.01. The zero-order valence-electron chi connectivity index (χ0n) is 24.8. The highest BCUT2D eigenvalue weighted by atomic mass is 35.5. The van der Waals surface area contributed by atoms with Gasteiger partial charge < -0.3 is 21.3 Å². The quantitative estimate of drug-likeness (QED) is 0.280. The molecule has 8 nitrogen and oxygen atoms in total. The van der Waals surface area contributed by atoms with Crippen molar-refractivity contribution in [3.8, 4) is 0 Å². The summed E-state index contributed by atoms with van der Waals surface area (Å²) in [5.41, 5.74) is 10.0. The van der Waals surface area contributed by atoms with E-state index in [2.05, 4.69) is 10.6 Å². The third-order valence-electron chi connectivity index (χ3n) is 9.41. The minimum absolute atomic E-state index is 0.0127. The number of nitrogens with zero attached hydrogens (tertiary/aromatic N) is 1. The first kappa shape index (κ1) is 30.0. The Morgan fingerprint density at radius 2 is 1.64 bits per heavy atom. The molecule has 3 aromatic rings. The second-order valence-corrected chi connectivity index (χ2v) is 13.3. The summed E-state index contributed by atoms with van der Waals surface area (Å²) in [6, 6.07) is 20.3. The van der Waals surface area contributed by atoms with Gasteiger partial charge in [0.25, 0.3) is 0 Å². The molecular formula is C35H37ClN4O4. The van der Waals surface area contributed by atoms with E-state index in [0.29, 0.717) is 29.1 Å². The van der Waals surface area contributed by atoms with Crippen LogP contribution in [0.1, 0.15) is 65.6 Å². The second-order valence-electron chi connectivity index (χ2n) is 12.9. The summed E-state index contributed by atoms with van der Waals surface area (Å²) in [6.45, 7) is 2.12. The fourth-order valence-electron chi connectivity index (χ4n) is 7.32. The number of amides is 3. The summed E-state index contributed by atoms with van der Waals surface area (Å²) < 4.78 is 0. The third-order valence-corrected chi connectivity index (χ3v) is 9.83. The summed E-state index contributed by atoms with van der Waals surface area (Å²) in [4.78, 5) is 55.6. The maximum Gasteiger partial charge on any atom is 0.246 e. The molecule has 7 rings (SSSR count). The van der Waals surface area contributed by atoms with Gasteiger partial charge in [-0.2, -0.15) is 0 Å². The number of ketones is 1. The summed E-state index contributed by atoms with van der Waals surface area (Å²) in [7, 11) is 0. The van der Waals surface area contributed by atoms with Gasteiger partial charge in [-0.15, -0.1) is 0 Å². The number of carbonyl (C=O) groups excluding carboxylic acids is 4. The molecule has 3 fully saturated rings. The number of fused-ring (bicyclic) bond motifs is 1. The highest BCUT2D eigenvalue weighted by Crippen LogP contribution is 2.68. The molecule has 3 aliphatic carbocycles. The van der Waals surface area contributed by atoms with Gasteiger partial charge in [-0.1, -0.05) is 66.2 Å². The van der Waals surface area contributed by atoms with Gasteiger partial charge >= 0.3 is 0 Å². The number of halogens is 1. The smallest absolute Gasteiger partial charge is 0.246 e. The number of anilines is 1. The van der Waals surface area contributed by atoms with Crippen LogP contribution in [0.25, 0.3) is 0 Å². The minimum atomic E-state index is -0.814. The minimum Gasteiger partial charge on any atom is -0.342 e. The lowest BCUT2D eigenvalue weighted by molar-refractivity contribution is -0.151. The number of aryl methyl sites for hydroxylation is 1. The van der Waals surface area contributed by atoms with E-state index in [1.807, 2.05) is 37.3 Å². The molecule has 0 spiro atoms. The van der Waals surface area contributed by atoms with E-state index in [0.717, 1.165) is 36.0 Å². The number of rotatable bonds is 10. The Labute approximate surface area is 262 Å². The largest absolute Gasteiger partial charge is 0.342 e. The number of carbonyl (C=O) groups is 4. The highest BCUT2D eigenvalue weighted by molar-refractivity contribution is 6.31. The van der Waals surface area contributed by atoms with E-state index in [1.54, 1.807) is 47.4 Å². The molecule has 1 aliphatic heterocycles. The van der Waals surface area contributed by atoms with E-state index in [-0.39, 0.29) is 53.8 Å². The third kappa shape index (κ3) is 6.14. The van der Waals surface area contributed by atoms with Gasteiger partial charge in [-0.25, -0.2) is 0 Å². The lowest BCUT2D eigenvalue weighted by atomic mass is 9.38. The Morgan fingerprint density at radius 1 is 0.955 bits per heavy atom. The SMILES string of the molecule is Cc1cc(NC(=O)[C@H](CC23CC(N)(C2)C3)NC(=O)[C@@H]2Cc3ccccc3CN2C(=O)CCC(=O)c2ccccc2)ccc1Cl. The topological polar surface area (TPSA) is 122 Å². The summed E-state index contributed by atoms with van der Waals surface area (Å²) >= 11 is 6.18. The van der Waals surface area contributed by atoms with Crippen molar-refractivity contribution in [2.75, 3.05) is 5.32 Å². The molecule has 228 valence electrons. The average Bonchev–Trinajstić information content (AvgIpc) is 2.99. The molecule has 1 heterocycles. The van der Waals surface area contributed by atoms with Crippen molar-refractivity contribution in [2.45, 2.75) is 76.0 Å². The van der Waals surface area contributed by atoms with Crippen LogP contribution in [-0.2, 0) is 27.3 Å². The molecule has 3 aromatic carbocycles. The first-order chi connectivity index (χ1) is 21.0. The Bertz CT molecular complexity index is 1600. The Kier molecular flexibility index (Phi) is 8.07. The molecule has 44 heavy (non-hydrogen) atoms. The van der Waals surface area contributed by atoms with Gasteiger partial charge in [0.05, 0.1) is 0 Å². The maximum atomic E-state index is 14.0. The Balaban J connectivity index is 1.20. The van der Waals surface area contributed by atoms with Gasteiger partial charge in [0.1, 0.15) is 12.1 Å². The van der Waals surface area contributed by atoms with Crippen molar-refractivity contribution in [1.82, 2.24) is 10.2 Å². The monoisotopic (exact) mass is 612 g/mol. The van der Waals surface area contributed by atoms with Gasteiger partial charge in [0, 0.05) is 47.6 Å². The average molecular weight is 613 g/mol. The fourth-order valence-corrected chi connectivity index (χ4v) is 7.43. The van der Waals surface area contributed by atoms with Crippen molar-refractivity contribution in [2.24, 2.45) is 11.1 Å². The molecule has 9 heteroatoms. The van der Waals surface area contributed by atoms with E-state index in [1.165, 1.54) is 0 Å². The van der Waals surface area contributed by atoms with Gasteiger partial charge in [-0.05, 0) is 72.9 Å². The van der Waals surface area contributed by atoms with Crippen LogP contribution in [0.5, 0.6) is 0 Å². The zero-order chi connectivity index (χ0) is 31.1. The van der Waals surface area contributed by atoms with Crippen molar-refractivity contribution < 1.29 is 19.2 Å². The van der Waals surface area contributed by atoms with Gasteiger partial charge in [0.15, 0.2) is 5.78 Å². The second kappa shape index (κ2) is 11.8. The number of hydrogen-bond donors (Lipinski definition) is 3. The number of nitrogens with two attached hydrogens (primary N) is 1. The van der Waals surface area contributed by atoms with Gasteiger partial charge in [0.2, 0.25) is 17.7 Å². The first-order valence-electron chi connectivity index (χ1n) is 15.1.